The van der Waals surface area contributed by atoms with Gasteiger partial charge in [-0.2, -0.15) is 23.5 Å². The van der Waals surface area contributed by atoms with E-state index in [1.165, 1.54) is 11.3 Å². The molecule has 0 unspecified atom stereocenters. The SMILES string of the molecule is Cc1ccc(Cl)cc1N1CCN(c2ncnc3[nH]nc(-c4ccc(C#N)cc4)c23)CC1.O=C(O)C(F)(F)F. The lowest BCUT2D eigenvalue weighted by Gasteiger charge is -2.37. The van der Waals surface area contributed by atoms with Crippen LogP contribution in [0.4, 0.5) is 24.7 Å². The first-order valence-electron chi connectivity index (χ1n) is 11.3. The van der Waals surface area contributed by atoms with Gasteiger partial charge in [-0.25, -0.2) is 14.8 Å². The third-order valence-electron chi connectivity index (χ3n) is 5.96. The zero-order chi connectivity index (χ0) is 27.4. The highest BCUT2D eigenvalue weighted by Crippen LogP contribution is 2.33. The Morgan fingerprint density at radius 2 is 1.71 bits per heavy atom. The van der Waals surface area contributed by atoms with Crippen LogP contribution in [0.5, 0.6) is 0 Å². The number of fused-ring (bicyclic) bond motifs is 1. The number of carboxylic acids is 1. The Morgan fingerprint density at radius 1 is 1.08 bits per heavy atom. The lowest BCUT2D eigenvalue weighted by atomic mass is 10.1. The van der Waals surface area contributed by atoms with Crippen molar-refractivity contribution >= 4 is 40.1 Å². The third-order valence-corrected chi connectivity index (χ3v) is 6.19. The molecule has 0 amide bonds. The van der Waals surface area contributed by atoms with E-state index in [4.69, 9.17) is 26.8 Å². The number of aromatic nitrogens is 4. The van der Waals surface area contributed by atoms with E-state index in [1.807, 2.05) is 24.3 Å². The second kappa shape index (κ2) is 10.9. The largest absolute Gasteiger partial charge is 0.490 e. The average molecular weight is 544 g/mol. The molecule has 0 aliphatic carbocycles. The van der Waals surface area contributed by atoms with Crippen LogP contribution in [-0.4, -0.2) is 63.6 Å². The number of hydrogen-bond donors (Lipinski definition) is 2. The molecule has 1 aliphatic rings. The van der Waals surface area contributed by atoms with Gasteiger partial charge in [-0.1, -0.05) is 29.8 Å². The monoisotopic (exact) mass is 543 g/mol. The van der Waals surface area contributed by atoms with Gasteiger partial charge >= 0.3 is 12.1 Å². The molecule has 3 heterocycles. The van der Waals surface area contributed by atoms with Gasteiger partial charge in [-0.05, 0) is 36.8 Å². The van der Waals surface area contributed by atoms with Crippen LogP contribution in [0.25, 0.3) is 22.3 Å². The summed E-state index contributed by atoms with van der Waals surface area (Å²) >= 11 is 6.23. The first kappa shape index (κ1) is 26.7. The van der Waals surface area contributed by atoms with Gasteiger partial charge in [0.2, 0.25) is 0 Å². The number of nitrogens with zero attached hydrogens (tertiary/aromatic N) is 6. The van der Waals surface area contributed by atoms with Crippen LogP contribution < -0.4 is 9.80 Å². The summed E-state index contributed by atoms with van der Waals surface area (Å²) in [5.41, 5.74) is 5.45. The maximum atomic E-state index is 10.6. The molecule has 2 aromatic heterocycles. The average Bonchev–Trinajstić information content (AvgIpc) is 3.34. The highest BCUT2D eigenvalue weighted by Gasteiger charge is 2.38. The maximum absolute atomic E-state index is 10.6. The van der Waals surface area contributed by atoms with Crippen LogP contribution >= 0.6 is 11.6 Å². The smallest absolute Gasteiger partial charge is 0.475 e. The topological polar surface area (TPSA) is 122 Å². The van der Waals surface area contributed by atoms with Crippen molar-refractivity contribution in [3.05, 3.63) is 64.9 Å². The molecule has 9 nitrogen and oxygen atoms in total. The summed E-state index contributed by atoms with van der Waals surface area (Å²) in [5.74, 6) is -1.88. The third kappa shape index (κ3) is 5.78. The molecular weight excluding hydrogens is 523 g/mol. The number of carbonyl (C=O) groups is 1. The number of alkyl halides is 3. The molecule has 0 spiro atoms. The maximum Gasteiger partial charge on any atom is 0.490 e. The summed E-state index contributed by atoms with van der Waals surface area (Å²) in [6, 6.07) is 15.6. The zero-order valence-electron chi connectivity index (χ0n) is 20.0. The lowest BCUT2D eigenvalue weighted by molar-refractivity contribution is -0.192. The first-order chi connectivity index (χ1) is 18.1. The molecule has 2 aromatic carbocycles. The van der Waals surface area contributed by atoms with Crippen LogP contribution in [0.15, 0.2) is 48.8 Å². The van der Waals surface area contributed by atoms with Crippen LogP contribution in [0.3, 0.4) is 0 Å². The number of H-pyrrole nitrogens is 1. The van der Waals surface area contributed by atoms with Crippen molar-refractivity contribution in [1.82, 2.24) is 20.2 Å². The lowest BCUT2D eigenvalue weighted by Crippen LogP contribution is -2.47. The Morgan fingerprint density at radius 3 is 2.32 bits per heavy atom. The summed E-state index contributed by atoms with van der Waals surface area (Å²) < 4.78 is 31.7. The quantitative estimate of drug-likeness (QED) is 0.377. The van der Waals surface area contributed by atoms with E-state index in [0.29, 0.717) is 11.2 Å². The predicted octanol–water partition coefficient (Wildman–Crippen LogP) is 4.81. The van der Waals surface area contributed by atoms with Crippen molar-refractivity contribution < 1.29 is 23.1 Å². The Labute approximate surface area is 220 Å². The van der Waals surface area contributed by atoms with E-state index in [0.717, 1.165) is 53.7 Å². The van der Waals surface area contributed by atoms with E-state index < -0.39 is 12.1 Å². The van der Waals surface area contributed by atoms with Gasteiger partial charge in [0.05, 0.1) is 17.0 Å². The van der Waals surface area contributed by atoms with Gasteiger partial charge < -0.3 is 14.9 Å². The molecule has 0 atom stereocenters. The number of aromatic amines is 1. The molecule has 38 heavy (non-hydrogen) atoms. The molecule has 1 aliphatic heterocycles. The van der Waals surface area contributed by atoms with Crippen molar-refractivity contribution in [2.75, 3.05) is 36.0 Å². The second-order valence-electron chi connectivity index (χ2n) is 8.39. The Hall–Kier alpha value is -4.37. The van der Waals surface area contributed by atoms with E-state index in [9.17, 15) is 13.2 Å². The number of nitrogens with one attached hydrogen (secondary N) is 1. The molecule has 0 bridgehead atoms. The van der Waals surface area contributed by atoms with Crippen LogP contribution in [-0.2, 0) is 4.79 Å². The van der Waals surface area contributed by atoms with Crippen LogP contribution in [0.2, 0.25) is 5.02 Å². The molecule has 2 N–H and O–H groups in total. The van der Waals surface area contributed by atoms with E-state index in [1.54, 1.807) is 18.5 Å². The number of hydrogen-bond acceptors (Lipinski definition) is 7. The number of rotatable bonds is 3. The second-order valence-corrected chi connectivity index (χ2v) is 8.83. The molecule has 0 radical (unpaired) electrons. The molecular formula is C25H21ClF3N7O2. The summed E-state index contributed by atoms with van der Waals surface area (Å²) in [5, 5.41) is 25.4. The Kier molecular flexibility index (Phi) is 7.68. The molecule has 5 rings (SSSR count). The number of benzene rings is 2. The fourth-order valence-corrected chi connectivity index (χ4v) is 4.24. The number of aryl methyl sites for hydroxylation is 1. The van der Waals surface area contributed by atoms with Gasteiger partial charge in [-0.15, -0.1) is 0 Å². The van der Waals surface area contributed by atoms with Gasteiger partial charge in [-0.3, -0.25) is 5.10 Å². The normalized spacial score (nSPS) is 13.6. The van der Waals surface area contributed by atoms with E-state index in [-0.39, 0.29) is 0 Å². The molecule has 4 aromatic rings. The van der Waals surface area contributed by atoms with Crippen LogP contribution in [0, 0.1) is 18.3 Å². The van der Waals surface area contributed by atoms with Gasteiger partial charge in [0.15, 0.2) is 5.65 Å². The zero-order valence-corrected chi connectivity index (χ0v) is 20.8. The van der Waals surface area contributed by atoms with E-state index in [2.05, 4.69) is 49.0 Å². The highest BCUT2D eigenvalue weighted by molar-refractivity contribution is 6.30. The van der Waals surface area contributed by atoms with Crippen LogP contribution in [0.1, 0.15) is 11.1 Å². The number of carboxylic acid groups (broad SMARTS) is 1. The van der Waals surface area contributed by atoms with Crippen molar-refractivity contribution in [3.8, 4) is 17.3 Å². The summed E-state index contributed by atoms with van der Waals surface area (Å²) in [6.07, 6.45) is -3.51. The highest BCUT2D eigenvalue weighted by atomic mass is 35.5. The Bertz CT molecular complexity index is 1490. The molecule has 196 valence electrons. The van der Waals surface area contributed by atoms with E-state index >= 15 is 0 Å². The fourth-order valence-electron chi connectivity index (χ4n) is 4.08. The van der Waals surface area contributed by atoms with Crippen molar-refractivity contribution in [2.24, 2.45) is 0 Å². The number of nitriles is 1. The number of halogens is 4. The van der Waals surface area contributed by atoms with Crippen molar-refractivity contribution in [2.45, 2.75) is 13.1 Å². The fraction of sp³-hybridized carbons (Fsp3) is 0.240. The predicted molar refractivity (Wildman–Crippen MR) is 136 cm³/mol. The molecule has 1 fully saturated rings. The molecule has 13 heteroatoms. The standard InChI is InChI=1S/C23H20ClN7.C2HF3O2/c1-15-2-7-18(24)12-19(15)30-8-10-31(11-9-30)23-20-21(28-29-22(20)26-14-27-23)17-5-3-16(13-25)4-6-17;3-2(4,5)1(6)7/h2-7,12,14H,8-11H2,1H3,(H,26,27,28,29);(H,6,7). The van der Waals surface area contributed by atoms with Gasteiger partial charge in [0.1, 0.15) is 17.8 Å². The van der Waals surface area contributed by atoms with Gasteiger partial charge in [0, 0.05) is 42.5 Å². The summed E-state index contributed by atoms with van der Waals surface area (Å²) in [4.78, 5) is 22.5. The van der Waals surface area contributed by atoms with Gasteiger partial charge in [0.25, 0.3) is 0 Å². The van der Waals surface area contributed by atoms with Crippen molar-refractivity contribution in [1.29, 1.82) is 5.26 Å². The summed E-state index contributed by atoms with van der Waals surface area (Å²) in [7, 11) is 0. The number of aliphatic carboxylic acids is 1. The summed E-state index contributed by atoms with van der Waals surface area (Å²) in [6.45, 7) is 5.51. The molecule has 1 saturated heterocycles. The minimum atomic E-state index is -5.08. The molecule has 0 saturated carbocycles. The number of anilines is 2. The first-order valence-corrected chi connectivity index (χ1v) is 11.7. The van der Waals surface area contributed by atoms with Crippen molar-refractivity contribution in [3.63, 3.8) is 0 Å². The minimum Gasteiger partial charge on any atom is -0.475 e. The number of piperazine rings is 1. The minimum absolute atomic E-state index is 0.618. The Balaban J connectivity index is 0.000000426.